The molecule has 0 bridgehead atoms. The molecule has 0 aliphatic heterocycles. The molecule has 2 aromatic rings. The molecule has 0 radical (unpaired) electrons. The molecule has 3 N–H and O–H groups in total. The van der Waals surface area contributed by atoms with Crippen molar-refractivity contribution in [2.45, 2.75) is 0 Å². The number of hydrogen-bond donors (Lipinski definition) is 3. The molecule has 0 aliphatic rings. The van der Waals surface area contributed by atoms with Gasteiger partial charge >= 0.3 is 12.0 Å². The number of ether oxygens (including phenoxy) is 2. The number of esters is 1. The van der Waals surface area contributed by atoms with Crippen LogP contribution in [0, 0.1) is 11.6 Å². The van der Waals surface area contributed by atoms with E-state index in [1.54, 1.807) is 6.07 Å². The van der Waals surface area contributed by atoms with Crippen LogP contribution < -0.4 is 20.7 Å². The maximum absolute atomic E-state index is 13.3. The van der Waals surface area contributed by atoms with Gasteiger partial charge in [0.2, 0.25) is 0 Å². The van der Waals surface area contributed by atoms with Gasteiger partial charge in [-0.15, -0.1) is 0 Å². The van der Waals surface area contributed by atoms with Crippen LogP contribution in [0.2, 0.25) is 5.02 Å². The maximum Gasteiger partial charge on any atom is 0.326 e. The van der Waals surface area contributed by atoms with Gasteiger partial charge in [-0.05, 0) is 30.3 Å². The molecule has 8 nitrogen and oxygen atoms in total. The second-order valence-corrected chi connectivity index (χ2v) is 5.91. The van der Waals surface area contributed by atoms with Gasteiger partial charge < -0.3 is 20.1 Å². The smallest absolute Gasteiger partial charge is 0.326 e. The van der Waals surface area contributed by atoms with Gasteiger partial charge in [-0.2, -0.15) is 0 Å². The van der Waals surface area contributed by atoms with Crippen LogP contribution in [0.5, 0.6) is 5.75 Å². The summed E-state index contributed by atoms with van der Waals surface area (Å²) in [5.41, 5.74) is 0.215. The van der Waals surface area contributed by atoms with E-state index in [-0.39, 0.29) is 23.0 Å². The van der Waals surface area contributed by atoms with Gasteiger partial charge in [0.1, 0.15) is 12.3 Å². The van der Waals surface area contributed by atoms with Crippen molar-refractivity contribution in [2.24, 2.45) is 0 Å². The van der Waals surface area contributed by atoms with E-state index >= 15 is 0 Å². The molecule has 0 atom stereocenters. The fourth-order valence-electron chi connectivity index (χ4n) is 2.18. The summed E-state index contributed by atoms with van der Waals surface area (Å²) in [7, 11) is 2.61. The second kappa shape index (κ2) is 9.69. The van der Waals surface area contributed by atoms with Crippen LogP contribution in [0.1, 0.15) is 10.4 Å². The van der Waals surface area contributed by atoms with Crippen LogP contribution in [0.25, 0.3) is 0 Å². The van der Waals surface area contributed by atoms with Crippen molar-refractivity contribution in [1.82, 2.24) is 5.32 Å². The highest BCUT2D eigenvalue weighted by Gasteiger charge is 2.18. The highest BCUT2D eigenvalue weighted by molar-refractivity contribution is 6.34. The highest BCUT2D eigenvalue weighted by atomic mass is 35.5. The Bertz CT molecular complexity index is 955. The van der Waals surface area contributed by atoms with Crippen LogP contribution in [-0.2, 0) is 9.53 Å². The number of urea groups is 1. The Morgan fingerprint density at radius 3 is 2.41 bits per heavy atom. The van der Waals surface area contributed by atoms with Gasteiger partial charge in [-0.1, -0.05) is 11.6 Å². The third kappa shape index (κ3) is 5.79. The average molecular weight is 428 g/mol. The van der Waals surface area contributed by atoms with Crippen molar-refractivity contribution in [3.05, 3.63) is 52.6 Å². The average Bonchev–Trinajstić information content (AvgIpc) is 2.68. The van der Waals surface area contributed by atoms with E-state index in [9.17, 15) is 23.2 Å². The van der Waals surface area contributed by atoms with Crippen LogP contribution in [0.15, 0.2) is 30.3 Å². The lowest BCUT2D eigenvalue weighted by molar-refractivity contribution is -0.138. The van der Waals surface area contributed by atoms with Gasteiger partial charge in [0.15, 0.2) is 11.6 Å². The molecule has 0 aliphatic carbocycles. The van der Waals surface area contributed by atoms with Crippen LogP contribution >= 0.6 is 11.6 Å². The van der Waals surface area contributed by atoms with Gasteiger partial charge in [-0.3, -0.25) is 14.9 Å². The largest absolute Gasteiger partial charge is 0.495 e. The highest BCUT2D eigenvalue weighted by Crippen LogP contribution is 2.28. The minimum atomic E-state index is -1.29. The Kier molecular flexibility index (Phi) is 7.32. The Hall–Kier alpha value is -3.40. The molecule has 2 rings (SSSR count). The molecule has 0 aromatic heterocycles. The van der Waals surface area contributed by atoms with Crippen LogP contribution in [0.4, 0.5) is 25.0 Å². The molecule has 0 fully saturated rings. The summed E-state index contributed by atoms with van der Waals surface area (Å²) >= 11 is 5.72. The minimum absolute atomic E-state index is 0.110. The lowest BCUT2D eigenvalue weighted by Crippen LogP contribution is -2.34. The molecule has 0 saturated carbocycles. The van der Waals surface area contributed by atoms with Gasteiger partial charge in [0.25, 0.3) is 5.91 Å². The lowest BCUT2D eigenvalue weighted by Gasteiger charge is -2.13. The fourth-order valence-corrected chi connectivity index (χ4v) is 2.42. The zero-order chi connectivity index (χ0) is 21.6. The molecular formula is C18H16ClF2N3O5. The topological polar surface area (TPSA) is 106 Å². The lowest BCUT2D eigenvalue weighted by atomic mass is 10.2. The number of imide groups is 1. The summed E-state index contributed by atoms with van der Waals surface area (Å²) in [6.45, 7) is -0.110. The number of methoxy groups -OCH3 is 2. The summed E-state index contributed by atoms with van der Waals surface area (Å²) in [6, 6.07) is 4.80. The predicted molar refractivity (Wildman–Crippen MR) is 101 cm³/mol. The zero-order valence-electron chi connectivity index (χ0n) is 15.3. The van der Waals surface area contributed by atoms with Crippen molar-refractivity contribution >= 4 is 40.9 Å². The van der Waals surface area contributed by atoms with Crippen molar-refractivity contribution < 1.29 is 32.6 Å². The Balaban J connectivity index is 2.12. The van der Waals surface area contributed by atoms with E-state index in [0.29, 0.717) is 17.8 Å². The van der Waals surface area contributed by atoms with E-state index in [4.69, 9.17) is 16.3 Å². The number of rotatable bonds is 6. The molecule has 11 heteroatoms. The number of nitrogens with one attached hydrogen (secondary N) is 3. The molecule has 0 unspecified atom stereocenters. The van der Waals surface area contributed by atoms with Gasteiger partial charge in [0.05, 0.1) is 30.5 Å². The van der Waals surface area contributed by atoms with E-state index in [1.807, 2.05) is 5.32 Å². The summed E-state index contributed by atoms with van der Waals surface area (Å²) in [6.07, 6.45) is 0. The van der Waals surface area contributed by atoms with E-state index in [0.717, 1.165) is 0 Å². The molecule has 2 aromatic carbocycles. The molecular weight excluding hydrogens is 412 g/mol. The normalized spacial score (nSPS) is 10.1. The number of carbonyl (C=O) groups is 3. The number of hydrogen-bond acceptors (Lipinski definition) is 6. The second-order valence-electron chi connectivity index (χ2n) is 5.50. The molecule has 3 amide bonds. The summed E-state index contributed by atoms with van der Waals surface area (Å²) in [4.78, 5) is 35.5. The minimum Gasteiger partial charge on any atom is -0.495 e. The predicted octanol–water partition coefficient (Wildman–Crippen LogP) is 3.17. The van der Waals surface area contributed by atoms with Crippen molar-refractivity contribution in [3.63, 3.8) is 0 Å². The summed E-state index contributed by atoms with van der Waals surface area (Å²) in [5, 5.41) is 6.76. The monoisotopic (exact) mass is 427 g/mol. The van der Waals surface area contributed by atoms with Crippen LogP contribution in [0.3, 0.4) is 0 Å². The number of amides is 3. The Morgan fingerprint density at radius 2 is 1.76 bits per heavy atom. The molecule has 154 valence electrons. The SMILES string of the molecule is COC(=O)CNc1ccc(OC)c(NC(=O)NC(=O)c2cc(F)c(F)cc2Cl)c1. The first-order valence-corrected chi connectivity index (χ1v) is 8.38. The van der Waals surface area contributed by atoms with E-state index in [2.05, 4.69) is 15.4 Å². The molecule has 0 spiro atoms. The third-order valence-electron chi connectivity index (χ3n) is 3.59. The Labute approximate surface area is 169 Å². The van der Waals surface area contributed by atoms with Crippen molar-refractivity contribution in [3.8, 4) is 5.75 Å². The van der Waals surface area contributed by atoms with Gasteiger partial charge in [-0.25, -0.2) is 13.6 Å². The number of anilines is 2. The first-order chi connectivity index (χ1) is 13.7. The summed E-state index contributed by atoms with van der Waals surface area (Å²) < 4.78 is 36.1. The van der Waals surface area contributed by atoms with Crippen LogP contribution in [-0.4, -0.2) is 38.7 Å². The standard InChI is InChI=1S/C18H16ClF2N3O5/c1-28-15-4-3-9(22-8-16(25)29-2)5-14(15)23-18(27)24-17(26)10-6-12(20)13(21)7-11(10)19/h3-7,22H,8H2,1-2H3,(H2,23,24,26,27). The number of halogens is 3. The molecule has 0 saturated heterocycles. The van der Waals surface area contributed by atoms with Crippen molar-refractivity contribution in [1.29, 1.82) is 0 Å². The zero-order valence-corrected chi connectivity index (χ0v) is 16.0. The first-order valence-electron chi connectivity index (χ1n) is 8.00. The van der Waals surface area contributed by atoms with Crippen molar-refractivity contribution in [2.75, 3.05) is 31.4 Å². The Morgan fingerprint density at radius 1 is 1.07 bits per heavy atom. The number of benzene rings is 2. The van der Waals surface area contributed by atoms with E-state index < -0.39 is 35.1 Å². The number of carbonyl (C=O) groups excluding carboxylic acids is 3. The van der Waals surface area contributed by atoms with E-state index in [1.165, 1.54) is 26.4 Å². The molecule has 0 heterocycles. The fraction of sp³-hybridized carbons (Fsp3) is 0.167. The summed E-state index contributed by atoms with van der Waals surface area (Å²) in [5.74, 6) is -3.78. The molecule has 29 heavy (non-hydrogen) atoms. The maximum atomic E-state index is 13.3. The third-order valence-corrected chi connectivity index (χ3v) is 3.91. The quantitative estimate of drug-likeness (QED) is 0.483. The first kappa shape index (κ1) is 21.9. The van der Waals surface area contributed by atoms with Gasteiger partial charge in [0, 0.05) is 5.69 Å².